The number of thiophene rings is 1. The second-order valence-corrected chi connectivity index (χ2v) is 9.12. The van der Waals surface area contributed by atoms with E-state index in [0.29, 0.717) is 11.3 Å². The zero-order valence-corrected chi connectivity index (χ0v) is 15.6. The molecule has 1 aromatic carbocycles. The maximum atomic E-state index is 13.1. The van der Waals surface area contributed by atoms with E-state index in [4.69, 9.17) is 0 Å². The van der Waals surface area contributed by atoms with Gasteiger partial charge in [0.15, 0.2) is 0 Å². The van der Waals surface area contributed by atoms with E-state index in [0.717, 1.165) is 17.4 Å². The third-order valence-corrected chi connectivity index (χ3v) is 6.05. The van der Waals surface area contributed by atoms with Gasteiger partial charge in [0.1, 0.15) is 6.04 Å². The first-order chi connectivity index (χ1) is 12.3. The first-order valence-electron chi connectivity index (χ1n) is 8.07. The topological polar surface area (TPSA) is 95.6 Å². The molecule has 3 heterocycles. The van der Waals surface area contributed by atoms with Crippen molar-refractivity contribution in [1.82, 2.24) is 9.62 Å². The fraction of sp³-hybridized carbons (Fsp3) is 0.294. The lowest BCUT2D eigenvalue weighted by atomic mass is 10.0. The molecule has 2 aliphatic rings. The molecule has 2 aromatic rings. The Bertz CT molecular complexity index is 985. The van der Waals surface area contributed by atoms with Crippen LogP contribution < -0.4 is 10.0 Å². The van der Waals surface area contributed by atoms with Crippen LogP contribution in [0.3, 0.4) is 0 Å². The standard InChI is InChI=1S/C17H17N3O4S2/c1-26(23,24)19-12-7-15-16(21)18-14-3-2-10(11-4-5-25-9-11)6-13(14)17(22)20(15)8-12/h2-6,9,12,15,19H,7-8H2,1H3,(H,18,21)/t12-,15-/m1/s1. The average molecular weight is 391 g/mol. The SMILES string of the molecule is CS(=O)(=O)N[C@@H]1C[C@@H]2C(=O)Nc3ccc(-c4ccsc4)cc3C(=O)N2C1. The van der Waals surface area contributed by atoms with Crippen LogP contribution >= 0.6 is 11.3 Å². The Labute approximate surface area is 155 Å². The molecule has 0 spiro atoms. The quantitative estimate of drug-likeness (QED) is 0.829. The van der Waals surface area contributed by atoms with Gasteiger partial charge in [-0.3, -0.25) is 9.59 Å². The Hall–Kier alpha value is -2.23. The molecule has 4 rings (SSSR count). The Morgan fingerprint density at radius 1 is 1.23 bits per heavy atom. The van der Waals surface area contributed by atoms with Gasteiger partial charge in [-0.2, -0.15) is 11.3 Å². The van der Waals surface area contributed by atoms with E-state index in [1.165, 1.54) is 4.90 Å². The minimum Gasteiger partial charge on any atom is -0.325 e. The van der Waals surface area contributed by atoms with E-state index in [1.54, 1.807) is 23.5 Å². The van der Waals surface area contributed by atoms with Crippen LogP contribution in [0.4, 0.5) is 5.69 Å². The second kappa shape index (κ2) is 6.19. The van der Waals surface area contributed by atoms with Crippen molar-refractivity contribution < 1.29 is 18.0 Å². The molecule has 2 aliphatic heterocycles. The van der Waals surface area contributed by atoms with Crippen LogP contribution in [0.2, 0.25) is 0 Å². The number of hydrogen-bond donors (Lipinski definition) is 2. The number of benzene rings is 1. The fourth-order valence-corrected chi connectivity index (χ4v) is 4.95. The molecule has 0 aliphatic carbocycles. The highest BCUT2D eigenvalue weighted by atomic mass is 32.2. The predicted octanol–water partition coefficient (Wildman–Crippen LogP) is 1.50. The molecule has 0 saturated carbocycles. The number of fused-ring (bicyclic) bond motifs is 2. The molecule has 1 aromatic heterocycles. The molecule has 0 unspecified atom stereocenters. The molecular weight excluding hydrogens is 374 g/mol. The van der Waals surface area contributed by atoms with Crippen LogP contribution in [-0.2, 0) is 14.8 Å². The molecule has 2 atom stereocenters. The van der Waals surface area contributed by atoms with Crippen LogP contribution in [-0.4, -0.2) is 50.0 Å². The summed E-state index contributed by atoms with van der Waals surface area (Å²) in [5, 5.41) is 6.76. The highest BCUT2D eigenvalue weighted by molar-refractivity contribution is 7.88. The molecule has 2 amide bonds. The number of carbonyl (C=O) groups excluding carboxylic acids is 2. The van der Waals surface area contributed by atoms with Crippen molar-refractivity contribution in [3.05, 3.63) is 40.6 Å². The van der Waals surface area contributed by atoms with Crippen molar-refractivity contribution in [1.29, 1.82) is 0 Å². The molecule has 2 N–H and O–H groups in total. The minimum absolute atomic E-state index is 0.173. The van der Waals surface area contributed by atoms with Gasteiger partial charge in [-0.1, -0.05) is 6.07 Å². The summed E-state index contributed by atoms with van der Waals surface area (Å²) < 4.78 is 25.5. The fourth-order valence-electron chi connectivity index (χ4n) is 3.51. The first-order valence-corrected chi connectivity index (χ1v) is 10.9. The monoisotopic (exact) mass is 391 g/mol. The van der Waals surface area contributed by atoms with Crippen LogP contribution in [0.15, 0.2) is 35.0 Å². The Balaban J connectivity index is 1.69. The van der Waals surface area contributed by atoms with E-state index in [1.807, 2.05) is 22.9 Å². The van der Waals surface area contributed by atoms with Crippen LogP contribution in [0.5, 0.6) is 0 Å². The van der Waals surface area contributed by atoms with Crippen molar-refractivity contribution in [3.8, 4) is 11.1 Å². The molecule has 7 nitrogen and oxygen atoms in total. The number of rotatable bonds is 3. The summed E-state index contributed by atoms with van der Waals surface area (Å²) in [6.07, 6.45) is 1.33. The Morgan fingerprint density at radius 3 is 2.73 bits per heavy atom. The third-order valence-electron chi connectivity index (χ3n) is 4.61. The van der Waals surface area contributed by atoms with E-state index in [-0.39, 0.29) is 24.8 Å². The van der Waals surface area contributed by atoms with E-state index in [2.05, 4.69) is 10.0 Å². The predicted molar refractivity (Wildman–Crippen MR) is 99.6 cm³/mol. The lowest BCUT2D eigenvalue weighted by molar-refractivity contribution is -0.119. The number of carbonyl (C=O) groups is 2. The molecule has 9 heteroatoms. The summed E-state index contributed by atoms with van der Waals surface area (Å²) in [5.41, 5.74) is 2.82. The Morgan fingerprint density at radius 2 is 2.04 bits per heavy atom. The van der Waals surface area contributed by atoms with Crippen LogP contribution in [0, 0.1) is 0 Å². The molecular formula is C17H17N3O4S2. The summed E-state index contributed by atoms with van der Waals surface area (Å²) >= 11 is 1.57. The summed E-state index contributed by atoms with van der Waals surface area (Å²) in [4.78, 5) is 27.1. The number of nitrogens with one attached hydrogen (secondary N) is 2. The van der Waals surface area contributed by atoms with E-state index >= 15 is 0 Å². The molecule has 1 saturated heterocycles. The van der Waals surface area contributed by atoms with Crippen molar-refractivity contribution in [2.75, 3.05) is 18.1 Å². The lowest BCUT2D eigenvalue weighted by Crippen LogP contribution is -2.41. The average Bonchev–Trinajstić information content (AvgIpc) is 3.21. The molecule has 0 bridgehead atoms. The van der Waals surface area contributed by atoms with Crippen LogP contribution in [0.25, 0.3) is 11.1 Å². The maximum absolute atomic E-state index is 13.1. The molecule has 26 heavy (non-hydrogen) atoms. The van der Waals surface area contributed by atoms with Gasteiger partial charge in [0.25, 0.3) is 5.91 Å². The van der Waals surface area contributed by atoms with E-state index in [9.17, 15) is 18.0 Å². The van der Waals surface area contributed by atoms with Crippen molar-refractivity contribution in [2.45, 2.75) is 18.5 Å². The number of amides is 2. The van der Waals surface area contributed by atoms with Gasteiger partial charge < -0.3 is 10.2 Å². The number of anilines is 1. The zero-order chi connectivity index (χ0) is 18.5. The molecule has 136 valence electrons. The number of hydrogen-bond acceptors (Lipinski definition) is 5. The van der Waals surface area contributed by atoms with Gasteiger partial charge in [-0.05, 0) is 46.5 Å². The van der Waals surface area contributed by atoms with Gasteiger partial charge in [0.2, 0.25) is 15.9 Å². The summed E-state index contributed by atoms with van der Waals surface area (Å²) in [6, 6.07) is 6.21. The maximum Gasteiger partial charge on any atom is 0.256 e. The van der Waals surface area contributed by atoms with E-state index < -0.39 is 22.1 Å². The summed E-state index contributed by atoms with van der Waals surface area (Å²) in [7, 11) is -3.41. The van der Waals surface area contributed by atoms with Gasteiger partial charge in [0, 0.05) is 12.6 Å². The van der Waals surface area contributed by atoms with Crippen molar-refractivity contribution in [2.24, 2.45) is 0 Å². The summed E-state index contributed by atoms with van der Waals surface area (Å²) in [5.74, 6) is -0.559. The normalized spacial score (nSPS) is 22.6. The smallest absolute Gasteiger partial charge is 0.256 e. The minimum atomic E-state index is -3.41. The van der Waals surface area contributed by atoms with Gasteiger partial charge in [-0.15, -0.1) is 0 Å². The van der Waals surface area contributed by atoms with Crippen LogP contribution in [0.1, 0.15) is 16.8 Å². The number of sulfonamides is 1. The Kier molecular flexibility index (Phi) is 4.09. The summed E-state index contributed by atoms with van der Waals surface area (Å²) in [6.45, 7) is 0.173. The van der Waals surface area contributed by atoms with Gasteiger partial charge >= 0.3 is 0 Å². The molecule has 0 radical (unpaired) electrons. The highest BCUT2D eigenvalue weighted by Crippen LogP contribution is 2.32. The highest BCUT2D eigenvalue weighted by Gasteiger charge is 2.43. The largest absolute Gasteiger partial charge is 0.325 e. The first kappa shape index (κ1) is 17.2. The van der Waals surface area contributed by atoms with Gasteiger partial charge in [0.05, 0.1) is 17.5 Å². The second-order valence-electron chi connectivity index (χ2n) is 6.56. The van der Waals surface area contributed by atoms with Crippen molar-refractivity contribution in [3.63, 3.8) is 0 Å². The number of nitrogens with zero attached hydrogens (tertiary/aromatic N) is 1. The van der Waals surface area contributed by atoms with Crippen molar-refractivity contribution >= 4 is 38.9 Å². The third kappa shape index (κ3) is 3.13. The lowest BCUT2D eigenvalue weighted by Gasteiger charge is -2.20. The van der Waals surface area contributed by atoms with Gasteiger partial charge in [-0.25, -0.2) is 13.1 Å². The zero-order valence-electron chi connectivity index (χ0n) is 13.9. The molecule has 1 fully saturated rings.